The van der Waals surface area contributed by atoms with Crippen LogP contribution in [0.15, 0.2) is 60.7 Å². The summed E-state index contributed by atoms with van der Waals surface area (Å²) in [7, 11) is 0. The summed E-state index contributed by atoms with van der Waals surface area (Å²) in [6, 6.07) is 20.5. The average molecular weight is 385 g/mol. The van der Waals surface area contributed by atoms with E-state index >= 15 is 0 Å². The van der Waals surface area contributed by atoms with Gasteiger partial charge in [-0.15, -0.1) is 0 Å². The van der Waals surface area contributed by atoms with Crippen LogP contribution >= 0.6 is 22.6 Å². The lowest BCUT2D eigenvalue weighted by Crippen LogP contribution is -2.13. The highest BCUT2D eigenvalue weighted by atomic mass is 127. The van der Waals surface area contributed by atoms with Crippen molar-refractivity contribution >= 4 is 45.0 Å². The van der Waals surface area contributed by atoms with Crippen molar-refractivity contribution in [3.05, 3.63) is 75.4 Å². The van der Waals surface area contributed by atoms with Crippen LogP contribution in [-0.2, 0) is 4.79 Å². The van der Waals surface area contributed by atoms with Crippen LogP contribution in [0.25, 0.3) is 10.8 Å². The molecule has 2 nitrogen and oxygen atoms in total. The second-order valence-corrected chi connectivity index (χ2v) is 6.47. The number of benzene rings is 3. The third-order valence-corrected chi connectivity index (χ3v) is 4.65. The van der Waals surface area contributed by atoms with E-state index in [2.05, 4.69) is 58.2 Å². The first-order chi connectivity index (χ1) is 10.2. The first-order valence-corrected chi connectivity index (χ1v) is 7.90. The van der Waals surface area contributed by atoms with Gasteiger partial charge in [0.05, 0.1) is 5.92 Å². The number of anilines is 1. The molecule has 0 aliphatic carbocycles. The van der Waals surface area contributed by atoms with E-state index in [9.17, 15) is 4.79 Å². The Morgan fingerprint density at radius 1 is 0.905 bits per heavy atom. The molecule has 0 fully saturated rings. The molecule has 0 saturated heterocycles. The van der Waals surface area contributed by atoms with E-state index in [1.165, 1.54) is 5.39 Å². The highest BCUT2D eigenvalue weighted by Gasteiger charge is 2.32. The van der Waals surface area contributed by atoms with Gasteiger partial charge in [-0.3, -0.25) is 4.79 Å². The van der Waals surface area contributed by atoms with Crippen molar-refractivity contribution in [2.75, 3.05) is 5.32 Å². The van der Waals surface area contributed by atoms with Gasteiger partial charge in [0.2, 0.25) is 5.91 Å². The van der Waals surface area contributed by atoms with Crippen LogP contribution in [0.4, 0.5) is 5.69 Å². The molecule has 0 aromatic heterocycles. The summed E-state index contributed by atoms with van der Waals surface area (Å²) in [5, 5.41) is 5.31. The minimum absolute atomic E-state index is 0.0587. The van der Waals surface area contributed by atoms with E-state index in [1.54, 1.807) is 0 Å². The minimum Gasteiger partial charge on any atom is -0.325 e. The molecule has 1 atom stereocenters. The van der Waals surface area contributed by atoms with Crippen LogP contribution in [0.1, 0.15) is 17.0 Å². The number of hydrogen-bond acceptors (Lipinski definition) is 1. The molecular formula is C18H12INO. The zero-order valence-electron chi connectivity index (χ0n) is 11.1. The number of carbonyl (C=O) groups excluding carboxylic acids is 1. The largest absolute Gasteiger partial charge is 0.325 e. The monoisotopic (exact) mass is 385 g/mol. The van der Waals surface area contributed by atoms with Crippen LogP contribution in [0.5, 0.6) is 0 Å². The van der Waals surface area contributed by atoms with Crippen molar-refractivity contribution < 1.29 is 4.79 Å². The van der Waals surface area contributed by atoms with E-state index in [-0.39, 0.29) is 11.8 Å². The fourth-order valence-corrected chi connectivity index (χ4v) is 3.56. The lowest BCUT2D eigenvalue weighted by Gasteiger charge is -2.13. The molecule has 21 heavy (non-hydrogen) atoms. The molecule has 0 saturated carbocycles. The van der Waals surface area contributed by atoms with Gasteiger partial charge >= 0.3 is 0 Å². The number of fused-ring (bicyclic) bond motifs is 2. The van der Waals surface area contributed by atoms with E-state index in [4.69, 9.17) is 0 Å². The summed E-state index contributed by atoms with van der Waals surface area (Å²) in [4.78, 5) is 12.5. The Morgan fingerprint density at radius 3 is 2.62 bits per heavy atom. The molecule has 1 N–H and O–H groups in total. The predicted octanol–water partition coefficient (Wildman–Crippen LogP) is 4.53. The lowest BCUT2D eigenvalue weighted by molar-refractivity contribution is -0.116. The summed E-state index contributed by atoms with van der Waals surface area (Å²) in [5.41, 5.74) is 3.08. The van der Waals surface area contributed by atoms with Gasteiger partial charge in [0.1, 0.15) is 0 Å². The standard InChI is InChI=1S/C18H12INO/c19-12-8-9-16-15(10-12)17(18(21)20-16)14-7-3-5-11-4-1-2-6-13(11)14/h1-10,17H,(H,20,21). The van der Waals surface area contributed by atoms with Gasteiger partial charge in [0.25, 0.3) is 0 Å². The average Bonchev–Trinajstić information content (AvgIpc) is 2.82. The Kier molecular flexibility index (Phi) is 2.96. The molecule has 0 bridgehead atoms. The Labute approximate surface area is 136 Å². The highest BCUT2D eigenvalue weighted by Crippen LogP contribution is 2.40. The number of rotatable bonds is 1. The van der Waals surface area contributed by atoms with Crippen LogP contribution in [-0.4, -0.2) is 5.91 Å². The Morgan fingerprint density at radius 2 is 1.71 bits per heavy atom. The second kappa shape index (κ2) is 4.84. The topological polar surface area (TPSA) is 29.1 Å². The quantitative estimate of drug-likeness (QED) is 0.613. The zero-order valence-corrected chi connectivity index (χ0v) is 13.3. The maximum Gasteiger partial charge on any atom is 0.236 e. The van der Waals surface area contributed by atoms with Gasteiger partial charge in [-0.2, -0.15) is 0 Å². The summed E-state index contributed by atoms with van der Waals surface area (Å²) >= 11 is 2.29. The highest BCUT2D eigenvalue weighted by molar-refractivity contribution is 14.1. The van der Waals surface area contributed by atoms with Gasteiger partial charge in [-0.1, -0.05) is 42.5 Å². The normalized spacial score (nSPS) is 16.8. The molecule has 102 valence electrons. The maximum absolute atomic E-state index is 12.5. The zero-order chi connectivity index (χ0) is 14.4. The summed E-state index contributed by atoms with van der Waals surface area (Å²) in [5.74, 6) is -0.163. The van der Waals surface area contributed by atoms with Crippen LogP contribution < -0.4 is 5.32 Å². The van der Waals surface area contributed by atoms with E-state index in [1.807, 2.05) is 30.3 Å². The number of carbonyl (C=O) groups is 1. The summed E-state index contributed by atoms with van der Waals surface area (Å²) < 4.78 is 1.15. The van der Waals surface area contributed by atoms with E-state index in [0.717, 1.165) is 25.8 Å². The van der Waals surface area contributed by atoms with Crippen LogP contribution in [0, 0.1) is 3.57 Å². The fourth-order valence-electron chi connectivity index (χ4n) is 3.04. The SMILES string of the molecule is O=C1Nc2ccc(I)cc2C1c1cccc2ccccc12. The van der Waals surface area contributed by atoms with Gasteiger partial charge in [0.15, 0.2) is 0 Å². The smallest absolute Gasteiger partial charge is 0.236 e. The number of nitrogens with one attached hydrogen (secondary N) is 1. The predicted molar refractivity (Wildman–Crippen MR) is 93.6 cm³/mol. The fraction of sp³-hybridized carbons (Fsp3) is 0.0556. The Bertz CT molecular complexity index is 867. The van der Waals surface area contributed by atoms with Gasteiger partial charge in [0, 0.05) is 9.26 Å². The van der Waals surface area contributed by atoms with Crippen LogP contribution in [0.2, 0.25) is 0 Å². The molecular weight excluding hydrogens is 373 g/mol. The first kappa shape index (κ1) is 12.8. The van der Waals surface area contributed by atoms with Gasteiger partial charge in [-0.25, -0.2) is 0 Å². The summed E-state index contributed by atoms with van der Waals surface area (Å²) in [6.45, 7) is 0. The molecule has 1 heterocycles. The van der Waals surface area contributed by atoms with Gasteiger partial charge < -0.3 is 5.32 Å². The molecule has 3 aromatic rings. The van der Waals surface area contributed by atoms with Crippen molar-refractivity contribution in [3.63, 3.8) is 0 Å². The van der Waals surface area contributed by atoms with Crippen molar-refractivity contribution in [3.8, 4) is 0 Å². The second-order valence-electron chi connectivity index (χ2n) is 5.22. The molecule has 1 amide bonds. The number of halogens is 1. The molecule has 4 rings (SSSR count). The first-order valence-electron chi connectivity index (χ1n) is 6.82. The maximum atomic E-state index is 12.5. The lowest BCUT2D eigenvalue weighted by atomic mass is 9.89. The molecule has 3 heteroatoms. The van der Waals surface area contributed by atoms with E-state index in [0.29, 0.717) is 0 Å². The number of hydrogen-bond donors (Lipinski definition) is 1. The Balaban J connectivity index is 1.98. The summed E-state index contributed by atoms with van der Waals surface area (Å²) in [6.07, 6.45) is 0. The minimum atomic E-state index is -0.221. The molecule has 0 radical (unpaired) electrons. The van der Waals surface area contributed by atoms with Crippen molar-refractivity contribution in [1.82, 2.24) is 0 Å². The van der Waals surface area contributed by atoms with Crippen molar-refractivity contribution in [1.29, 1.82) is 0 Å². The molecule has 1 aliphatic rings. The van der Waals surface area contributed by atoms with Crippen LogP contribution in [0.3, 0.4) is 0 Å². The molecule has 1 aliphatic heterocycles. The number of amides is 1. The molecule has 1 unspecified atom stereocenters. The van der Waals surface area contributed by atoms with Crippen molar-refractivity contribution in [2.24, 2.45) is 0 Å². The molecule has 0 spiro atoms. The Hall–Kier alpha value is -1.88. The van der Waals surface area contributed by atoms with E-state index < -0.39 is 0 Å². The van der Waals surface area contributed by atoms with Gasteiger partial charge in [-0.05, 0) is 62.7 Å². The molecule has 3 aromatic carbocycles. The third-order valence-electron chi connectivity index (χ3n) is 3.98. The third kappa shape index (κ3) is 2.03. The van der Waals surface area contributed by atoms with Crippen molar-refractivity contribution in [2.45, 2.75) is 5.92 Å².